The molecule has 1 aliphatic rings. The van der Waals surface area contributed by atoms with Crippen LogP contribution in [0.5, 0.6) is 0 Å². The predicted molar refractivity (Wildman–Crippen MR) is 119 cm³/mol. The fourth-order valence-electron chi connectivity index (χ4n) is 3.62. The molecule has 2 atom stereocenters. The Labute approximate surface area is 194 Å². The SMILES string of the molecule is CC(=O)OC1c2ccc(Cl)cc2N(S(=O)(=O)c2ccccc2)C1C(=O)c1cc(Cl)ccn1. The van der Waals surface area contributed by atoms with Gasteiger partial charge in [-0.05, 0) is 36.4 Å². The van der Waals surface area contributed by atoms with Crippen LogP contribution in [0.1, 0.15) is 29.1 Å². The van der Waals surface area contributed by atoms with Crippen molar-refractivity contribution < 1.29 is 22.7 Å². The number of ketones is 1. The van der Waals surface area contributed by atoms with Crippen LogP contribution in [-0.2, 0) is 19.6 Å². The van der Waals surface area contributed by atoms with Crippen LogP contribution in [-0.4, -0.2) is 31.2 Å². The van der Waals surface area contributed by atoms with Crippen LogP contribution in [0.2, 0.25) is 10.0 Å². The molecule has 2 heterocycles. The van der Waals surface area contributed by atoms with Gasteiger partial charge in [-0.3, -0.25) is 18.9 Å². The topological polar surface area (TPSA) is 93.6 Å². The molecule has 0 radical (unpaired) electrons. The second-order valence-corrected chi connectivity index (χ2v) is 9.70. The van der Waals surface area contributed by atoms with Gasteiger partial charge in [-0.15, -0.1) is 0 Å². The molecular weight excluding hydrogens is 475 g/mol. The summed E-state index contributed by atoms with van der Waals surface area (Å²) in [6.45, 7) is 1.18. The van der Waals surface area contributed by atoms with Gasteiger partial charge in [-0.25, -0.2) is 8.42 Å². The van der Waals surface area contributed by atoms with Gasteiger partial charge >= 0.3 is 5.97 Å². The van der Waals surface area contributed by atoms with Gasteiger partial charge in [0.2, 0.25) is 5.78 Å². The summed E-state index contributed by atoms with van der Waals surface area (Å²) in [5, 5.41) is 0.510. The fraction of sp³-hybridized carbons (Fsp3) is 0.136. The minimum absolute atomic E-state index is 0.0359. The van der Waals surface area contributed by atoms with Crippen molar-refractivity contribution in [3.05, 3.63) is 88.2 Å². The number of carbonyl (C=O) groups excluding carboxylic acids is 2. The van der Waals surface area contributed by atoms with Crippen LogP contribution in [0.3, 0.4) is 0 Å². The molecular formula is C22H16Cl2N2O5S. The van der Waals surface area contributed by atoms with Gasteiger partial charge < -0.3 is 4.74 Å². The van der Waals surface area contributed by atoms with Gasteiger partial charge in [0.25, 0.3) is 10.0 Å². The number of halogens is 2. The molecule has 1 aliphatic heterocycles. The van der Waals surface area contributed by atoms with E-state index in [-0.39, 0.29) is 26.3 Å². The van der Waals surface area contributed by atoms with Crippen molar-refractivity contribution in [1.29, 1.82) is 0 Å². The first-order chi connectivity index (χ1) is 15.2. The lowest BCUT2D eigenvalue weighted by Crippen LogP contribution is -2.45. The van der Waals surface area contributed by atoms with E-state index in [0.29, 0.717) is 5.56 Å². The summed E-state index contributed by atoms with van der Waals surface area (Å²) in [6.07, 6.45) is 0.136. The highest BCUT2D eigenvalue weighted by Crippen LogP contribution is 2.46. The highest BCUT2D eigenvalue weighted by Gasteiger charge is 2.51. The summed E-state index contributed by atoms with van der Waals surface area (Å²) in [4.78, 5) is 29.5. The van der Waals surface area contributed by atoms with Crippen LogP contribution in [0, 0.1) is 0 Å². The van der Waals surface area contributed by atoms with E-state index in [1.807, 2.05) is 0 Å². The maximum absolute atomic E-state index is 13.7. The van der Waals surface area contributed by atoms with Crippen molar-refractivity contribution >= 4 is 50.7 Å². The summed E-state index contributed by atoms with van der Waals surface area (Å²) in [6, 6.07) is 13.5. The molecule has 0 saturated heterocycles. The monoisotopic (exact) mass is 490 g/mol. The number of anilines is 1. The molecule has 0 fully saturated rings. The molecule has 4 rings (SSSR count). The summed E-state index contributed by atoms with van der Waals surface area (Å²) >= 11 is 12.2. The van der Waals surface area contributed by atoms with E-state index in [9.17, 15) is 18.0 Å². The van der Waals surface area contributed by atoms with Crippen molar-refractivity contribution in [2.24, 2.45) is 0 Å². The van der Waals surface area contributed by atoms with Gasteiger partial charge in [-0.2, -0.15) is 0 Å². The molecule has 0 amide bonds. The van der Waals surface area contributed by atoms with Crippen molar-refractivity contribution in [3.63, 3.8) is 0 Å². The maximum Gasteiger partial charge on any atom is 0.303 e. The zero-order valence-electron chi connectivity index (χ0n) is 16.6. The number of rotatable bonds is 5. The zero-order valence-corrected chi connectivity index (χ0v) is 18.9. The molecule has 3 aromatic rings. The smallest absolute Gasteiger partial charge is 0.303 e. The first-order valence-electron chi connectivity index (χ1n) is 9.42. The number of hydrogen-bond acceptors (Lipinski definition) is 6. The molecule has 0 N–H and O–H groups in total. The fourth-order valence-corrected chi connectivity index (χ4v) is 5.59. The van der Waals surface area contributed by atoms with E-state index in [1.54, 1.807) is 18.2 Å². The average molecular weight is 491 g/mol. The van der Waals surface area contributed by atoms with Crippen LogP contribution >= 0.6 is 23.2 Å². The summed E-state index contributed by atoms with van der Waals surface area (Å²) < 4.78 is 33.8. The Morgan fingerprint density at radius 1 is 1.00 bits per heavy atom. The second-order valence-electron chi connectivity index (χ2n) is 7.02. The Morgan fingerprint density at radius 3 is 2.34 bits per heavy atom. The summed E-state index contributed by atoms with van der Waals surface area (Å²) in [7, 11) is -4.25. The summed E-state index contributed by atoms with van der Waals surface area (Å²) in [5.41, 5.74) is 0.421. The van der Waals surface area contributed by atoms with E-state index >= 15 is 0 Å². The Hall–Kier alpha value is -2.94. The highest BCUT2D eigenvalue weighted by molar-refractivity contribution is 7.93. The van der Waals surface area contributed by atoms with Crippen molar-refractivity contribution in [3.8, 4) is 0 Å². The quantitative estimate of drug-likeness (QED) is 0.387. The minimum Gasteiger partial charge on any atom is -0.455 e. The number of aromatic nitrogens is 1. The van der Waals surface area contributed by atoms with Gasteiger partial charge in [0, 0.05) is 28.7 Å². The largest absolute Gasteiger partial charge is 0.455 e. The van der Waals surface area contributed by atoms with Crippen LogP contribution in [0.25, 0.3) is 0 Å². The first kappa shape index (κ1) is 22.3. The number of hydrogen-bond donors (Lipinski definition) is 0. The number of carbonyl (C=O) groups is 2. The molecule has 0 saturated carbocycles. The molecule has 0 aliphatic carbocycles. The van der Waals surface area contributed by atoms with E-state index in [1.165, 1.54) is 55.6 Å². The Balaban J connectivity index is 1.96. The normalized spacial score (nSPS) is 17.7. The highest BCUT2D eigenvalue weighted by atomic mass is 35.5. The lowest BCUT2D eigenvalue weighted by molar-refractivity contribution is -0.146. The molecule has 32 heavy (non-hydrogen) atoms. The molecule has 164 valence electrons. The Kier molecular flexibility index (Phi) is 5.94. The van der Waals surface area contributed by atoms with E-state index in [4.69, 9.17) is 27.9 Å². The van der Waals surface area contributed by atoms with E-state index in [2.05, 4.69) is 4.98 Å². The number of Topliss-reactive ketones (excluding diaryl/α,β-unsaturated/α-hetero) is 1. The third-order valence-electron chi connectivity index (χ3n) is 4.91. The maximum atomic E-state index is 13.7. The van der Waals surface area contributed by atoms with Crippen LogP contribution < -0.4 is 4.31 Å². The van der Waals surface area contributed by atoms with Crippen molar-refractivity contribution in [2.75, 3.05) is 4.31 Å². The Bertz CT molecular complexity index is 1310. The molecule has 0 bridgehead atoms. The van der Waals surface area contributed by atoms with Crippen LogP contribution in [0.15, 0.2) is 71.8 Å². The zero-order chi connectivity index (χ0) is 23.0. The standard InChI is InChI=1S/C22H16Cl2N2O5S/c1-13(27)31-22-17-8-7-14(23)12-19(17)26(32(29,30)16-5-3-2-4-6-16)20(22)21(28)18-11-15(24)9-10-25-18/h2-12,20,22H,1H3. The van der Waals surface area contributed by atoms with Gasteiger partial charge in [0.1, 0.15) is 5.69 Å². The molecule has 1 aromatic heterocycles. The first-order valence-corrected chi connectivity index (χ1v) is 11.6. The summed E-state index contributed by atoms with van der Waals surface area (Å²) in [5.74, 6) is -1.35. The van der Waals surface area contributed by atoms with Gasteiger partial charge in [-0.1, -0.05) is 47.5 Å². The lowest BCUT2D eigenvalue weighted by Gasteiger charge is -2.28. The third kappa shape index (κ3) is 3.97. The second kappa shape index (κ2) is 8.54. The number of nitrogens with zero attached hydrogens (tertiary/aromatic N) is 2. The molecule has 2 unspecified atom stereocenters. The average Bonchev–Trinajstić information content (AvgIpc) is 3.07. The van der Waals surface area contributed by atoms with Crippen molar-refractivity contribution in [1.82, 2.24) is 4.98 Å². The lowest BCUT2D eigenvalue weighted by atomic mass is 10.0. The molecule has 2 aromatic carbocycles. The van der Waals surface area contributed by atoms with Gasteiger partial charge in [0.05, 0.1) is 10.6 Å². The Morgan fingerprint density at radius 2 is 1.69 bits per heavy atom. The van der Waals surface area contributed by atoms with E-state index in [0.717, 1.165) is 4.31 Å². The third-order valence-corrected chi connectivity index (χ3v) is 7.19. The van der Waals surface area contributed by atoms with Crippen LogP contribution in [0.4, 0.5) is 5.69 Å². The minimum atomic E-state index is -4.25. The number of ether oxygens (including phenoxy) is 1. The molecule has 7 nitrogen and oxygen atoms in total. The van der Waals surface area contributed by atoms with Crippen molar-refractivity contribution in [2.45, 2.75) is 24.0 Å². The van der Waals surface area contributed by atoms with Gasteiger partial charge in [0.15, 0.2) is 12.1 Å². The van der Waals surface area contributed by atoms with E-state index < -0.39 is 33.9 Å². The number of benzene rings is 2. The molecule has 10 heteroatoms. The number of esters is 1. The number of fused-ring (bicyclic) bond motifs is 1. The number of pyridine rings is 1. The molecule has 0 spiro atoms. The predicted octanol–water partition coefficient (Wildman–Crippen LogP) is 4.45. The number of sulfonamides is 1.